The van der Waals surface area contributed by atoms with E-state index < -0.39 is 22.7 Å². The summed E-state index contributed by atoms with van der Waals surface area (Å²) in [5.41, 5.74) is 7.31. The van der Waals surface area contributed by atoms with Gasteiger partial charge in [0.25, 0.3) is 0 Å². The fourth-order valence-corrected chi connectivity index (χ4v) is 5.59. The van der Waals surface area contributed by atoms with Gasteiger partial charge in [0, 0.05) is 44.5 Å². The van der Waals surface area contributed by atoms with Gasteiger partial charge in [-0.2, -0.15) is 17.5 Å². The highest BCUT2D eigenvalue weighted by atomic mass is 32.2. The van der Waals surface area contributed by atoms with Gasteiger partial charge in [-0.3, -0.25) is 4.90 Å². The van der Waals surface area contributed by atoms with Crippen LogP contribution < -0.4 is 11.1 Å². The molecule has 0 unspecified atom stereocenters. The lowest BCUT2D eigenvalue weighted by atomic mass is 10.0. The molecule has 10 heteroatoms. The monoisotopic (exact) mass is 470 g/mol. The molecule has 2 aromatic carbocycles. The van der Waals surface area contributed by atoms with Gasteiger partial charge in [0.05, 0.1) is 11.4 Å². The van der Waals surface area contributed by atoms with Crippen LogP contribution in [0.15, 0.2) is 59.5 Å². The fraction of sp³-hybridized carbons (Fsp3) is 0.455. The quantitative estimate of drug-likeness (QED) is 0.435. The lowest BCUT2D eigenvalue weighted by Crippen LogP contribution is -2.49. The van der Waals surface area contributed by atoms with Crippen molar-refractivity contribution in [3.63, 3.8) is 0 Å². The number of likely N-dealkylation sites (tertiary alicyclic amines) is 1. The summed E-state index contributed by atoms with van der Waals surface area (Å²) < 4.78 is 65.5. The van der Waals surface area contributed by atoms with E-state index in [1.54, 1.807) is 0 Å². The first-order chi connectivity index (χ1) is 15.1. The molecule has 32 heavy (non-hydrogen) atoms. The second-order valence-electron chi connectivity index (χ2n) is 7.97. The van der Waals surface area contributed by atoms with Crippen molar-refractivity contribution < 1.29 is 21.6 Å². The number of hydrogen-bond acceptors (Lipinski definition) is 5. The molecular weight excluding hydrogens is 441 g/mol. The molecular formula is C22H29F3N4O2S. The summed E-state index contributed by atoms with van der Waals surface area (Å²) in [6.07, 6.45) is -3.12. The molecule has 3 rings (SSSR count). The van der Waals surface area contributed by atoms with Gasteiger partial charge in [0.15, 0.2) is 0 Å². The average molecular weight is 471 g/mol. The Hall–Kier alpha value is -2.14. The van der Waals surface area contributed by atoms with Crippen LogP contribution in [0.1, 0.15) is 18.4 Å². The molecule has 6 nitrogen and oxygen atoms in total. The second kappa shape index (κ2) is 10.7. The van der Waals surface area contributed by atoms with Crippen molar-refractivity contribution in [2.75, 3.05) is 38.5 Å². The zero-order valence-corrected chi connectivity index (χ0v) is 18.6. The Morgan fingerprint density at radius 3 is 2.25 bits per heavy atom. The first-order valence-corrected chi connectivity index (χ1v) is 12.0. The molecule has 0 radical (unpaired) electrons. The van der Waals surface area contributed by atoms with E-state index in [1.165, 1.54) is 34.1 Å². The van der Waals surface area contributed by atoms with Gasteiger partial charge in [-0.1, -0.05) is 30.3 Å². The molecule has 1 fully saturated rings. The van der Waals surface area contributed by atoms with Crippen molar-refractivity contribution >= 4 is 15.7 Å². The number of benzene rings is 2. The van der Waals surface area contributed by atoms with Crippen LogP contribution in [0.3, 0.4) is 0 Å². The van der Waals surface area contributed by atoms with E-state index in [0.717, 1.165) is 6.54 Å². The summed E-state index contributed by atoms with van der Waals surface area (Å²) in [5, 5.41) is 2.31. The molecule has 0 bridgehead atoms. The predicted molar refractivity (Wildman–Crippen MR) is 118 cm³/mol. The maximum Gasteiger partial charge on any atom is 0.401 e. The Kier molecular flexibility index (Phi) is 8.16. The lowest BCUT2D eigenvalue weighted by Gasteiger charge is -2.38. The highest BCUT2D eigenvalue weighted by Crippen LogP contribution is 2.25. The Morgan fingerprint density at radius 1 is 1.03 bits per heavy atom. The Morgan fingerprint density at radius 2 is 1.66 bits per heavy atom. The van der Waals surface area contributed by atoms with Crippen LogP contribution >= 0.6 is 0 Å². The van der Waals surface area contributed by atoms with E-state index in [9.17, 15) is 21.6 Å². The van der Waals surface area contributed by atoms with Crippen molar-refractivity contribution in [3.8, 4) is 0 Å². The Labute approximate surface area is 187 Å². The summed E-state index contributed by atoms with van der Waals surface area (Å²) in [6, 6.07) is 15.6. The van der Waals surface area contributed by atoms with Gasteiger partial charge in [0.1, 0.15) is 0 Å². The number of halogens is 3. The number of alkyl halides is 3. The maximum atomic E-state index is 13.3. The van der Waals surface area contributed by atoms with Crippen molar-refractivity contribution in [2.45, 2.75) is 36.5 Å². The predicted octanol–water partition coefficient (Wildman–Crippen LogP) is 3.08. The van der Waals surface area contributed by atoms with Crippen LogP contribution in [0.5, 0.6) is 0 Å². The molecule has 0 atom stereocenters. The summed E-state index contributed by atoms with van der Waals surface area (Å²) >= 11 is 0. The number of nitrogens with one attached hydrogen (secondary N) is 1. The summed E-state index contributed by atoms with van der Waals surface area (Å²) in [7, 11) is -3.87. The number of sulfonamides is 1. The number of nitrogens with zero attached hydrogens (tertiary/aromatic N) is 2. The molecule has 1 aliphatic rings. The van der Waals surface area contributed by atoms with Crippen LogP contribution in [0.4, 0.5) is 18.9 Å². The molecule has 0 aromatic heterocycles. The number of rotatable bonds is 9. The highest BCUT2D eigenvalue weighted by Gasteiger charge is 2.34. The van der Waals surface area contributed by atoms with E-state index in [0.29, 0.717) is 31.6 Å². The van der Waals surface area contributed by atoms with Crippen molar-refractivity contribution in [2.24, 2.45) is 0 Å². The molecule has 0 aliphatic carbocycles. The van der Waals surface area contributed by atoms with Crippen LogP contribution in [-0.4, -0.2) is 62.6 Å². The third kappa shape index (κ3) is 6.93. The number of nitrogen functional groups attached to an aromatic ring is 1. The van der Waals surface area contributed by atoms with Gasteiger partial charge in [-0.25, -0.2) is 8.42 Å². The van der Waals surface area contributed by atoms with Crippen LogP contribution in [0.25, 0.3) is 0 Å². The topological polar surface area (TPSA) is 78.7 Å². The maximum absolute atomic E-state index is 13.3. The Bertz CT molecular complexity index is 945. The van der Waals surface area contributed by atoms with E-state index >= 15 is 0 Å². The second-order valence-corrected chi connectivity index (χ2v) is 9.86. The molecule has 1 heterocycles. The summed E-state index contributed by atoms with van der Waals surface area (Å²) in [4.78, 5) is 2.36. The molecule has 0 saturated carbocycles. The highest BCUT2D eigenvalue weighted by molar-refractivity contribution is 7.89. The first kappa shape index (κ1) is 24.5. The smallest absolute Gasteiger partial charge is 0.399 e. The largest absolute Gasteiger partial charge is 0.401 e. The number of piperidine rings is 1. The summed E-state index contributed by atoms with van der Waals surface area (Å²) in [6.45, 7) is 0.931. The van der Waals surface area contributed by atoms with E-state index in [-0.39, 0.29) is 24.0 Å². The molecule has 0 spiro atoms. The van der Waals surface area contributed by atoms with Crippen molar-refractivity contribution in [1.29, 1.82) is 0 Å². The van der Waals surface area contributed by atoms with Gasteiger partial charge < -0.3 is 11.1 Å². The third-order valence-corrected chi connectivity index (χ3v) is 7.50. The third-order valence-electron chi connectivity index (χ3n) is 5.53. The fourth-order valence-electron chi connectivity index (χ4n) is 3.90. The van der Waals surface area contributed by atoms with Crippen LogP contribution in [-0.2, 0) is 16.6 Å². The number of hydrogen-bond donors (Lipinski definition) is 2. The van der Waals surface area contributed by atoms with E-state index in [2.05, 4.69) is 22.3 Å². The molecule has 3 N–H and O–H groups in total. The molecule has 2 aromatic rings. The van der Waals surface area contributed by atoms with Crippen molar-refractivity contribution in [1.82, 2.24) is 14.5 Å². The van der Waals surface area contributed by atoms with Gasteiger partial charge >= 0.3 is 6.18 Å². The van der Waals surface area contributed by atoms with Crippen LogP contribution in [0, 0.1) is 0 Å². The standard InChI is InChI=1S/C22H29F3N4O2S/c23-22(24,25)17-27-12-15-29(32(30,31)21-8-6-19(26)7-9-21)20-10-13-28(14-11-20)16-18-4-2-1-3-5-18/h1-9,20,27H,10-17,26H2. The summed E-state index contributed by atoms with van der Waals surface area (Å²) in [5.74, 6) is 0. The average Bonchev–Trinajstić information content (AvgIpc) is 2.75. The van der Waals surface area contributed by atoms with E-state index in [1.807, 2.05) is 18.2 Å². The van der Waals surface area contributed by atoms with Gasteiger partial charge in [-0.05, 0) is 42.7 Å². The minimum absolute atomic E-state index is 0.0356. The number of nitrogens with two attached hydrogens (primary N) is 1. The Balaban J connectivity index is 1.68. The van der Waals surface area contributed by atoms with Gasteiger partial charge in [0.2, 0.25) is 10.0 Å². The molecule has 1 aliphatic heterocycles. The normalized spacial score (nSPS) is 16.5. The minimum Gasteiger partial charge on any atom is -0.399 e. The molecule has 0 amide bonds. The molecule has 176 valence electrons. The number of anilines is 1. The van der Waals surface area contributed by atoms with Crippen LogP contribution in [0.2, 0.25) is 0 Å². The zero-order valence-electron chi connectivity index (χ0n) is 17.8. The minimum atomic E-state index is -4.34. The van der Waals surface area contributed by atoms with Gasteiger partial charge in [-0.15, -0.1) is 0 Å². The zero-order chi connectivity index (χ0) is 23.2. The van der Waals surface area contributed by atoms with E-state index in [4.69, 9.17) is 5.73 Å². The SMILES string of the molecule is Nc1ccc(S(=O)(=O)N(CCNCC(F)(F)F)C2CCN(Cc3ccccc3)CC2)cc1. The first-order valence-electron chi connectivity index (χ1n) is 10.6. The van der Waals surface area contributed by atoms with Crippen molar-refractivity contribution in [3.05, 3.63) is 60.2 Å². The molecule has 1 saturated heterocycles. The lowest BCUT2D eigenvalue weighted by molar-refractivity contribution is -0.124.